The van der Waals surface area contributed by atoms with Crippen LogP contribution in [0.2, 0.25) is 0 Å². The number of nitrogens with zero attached hydrogens (tertiary/aromatic N) is 4. The Bertz CT molecular complexity index is 558. The maximum Gasteiger partial charge on any atom is 0.184 e. The highest BCUT2D eigenvalue weighted by Gasteiger charge is 2.22. The first-order chi connectivity index (χ1) is 7.25. The Morgan fingerprint density at radius 2 is 2.20 bits per heavy atom. The van der Waals surface area contributed by atoms with Gasteiger partial charge in [0.25, 0.3) is 0 Å². The first kappa shape index (κ1) is 8.52. The van der Waals surface area contributed by atoms with Gasteiger partial charge in [-0.2, -0.15) is 5.10 Å². The molecule has 2 heterocycles. The largest absolute Gasteiger partial charge is 0.292 e. The molecule has 0 bridgehead atoms. The number of hydrogen-bond donors (Lipinski definition) is 0. The molecule has 0 radical (unpaired) electrons. The van der Waals surface area contributed by atoms with Crippen LogP contribution in [0.5, 0.6) is 0 Å². The highest BCUT2D eigenvalue weighted by molar-refractivity contribution is 5.96. The third-order valence-corrected chi connectivity index (χ3v) is 2.68. The highest BCUT2D eigenvalue weighted by atomic mass is 16.1. The number of hydrogen-bond acceptors (Lipinski definition) is 4. The number of aromatic nitrogens is 4. The zero-order valence-corrected chi connectivity index (χ0v) is 8.40. The van der Waals surface area contributed by atoms with E-state index in [0.717, 1.165) is 29.9 Å². The van der Waals surface area contributed by atoms with Gasteiger partial charge in [-0.15, -0.1) is 10.2 Å². The number of carbonyl (C=O) groups is 1. The summed E-state index contributed by atoms with van der Waals surface area (Å²) in [6.07, 6.45) is 2.31. The lowest BCUT2D eigenvalue weighted by molar-refractivity contribution is 0.0964. The van der Waals surface area contributed by atoms with E-state index in [2.05, 4.69) is 15.3 Å². The molecular formula is C10H10N4O. The van der Waals surface area contributed by atoms with Gasteiger partial charge in [0.1, 0.15) is 0 Å². The minimum Gasteiger partial charge on any atom is -0.292 e. The molecule has 3 rings (SSSR count). The predicted octanol–water partition coefficient (Wildman–Crippen LogP) is 0.952. The first-order valence-corrected chi connectivity index (χ1v) is 5.01. The lowest BCUT2D eigenvalue weighted by Crippen LogP contribution is -2.18. The van der Waals surface area contributed by atoms with E-state index in [4.69, 9.17) is 0 Å². The molecular weight excluding hydrogens is 192 g/mol. The van der Waals surface area contributed by atoms with Gasteiger partial charge >= 0.3 is 0 Å². The summed E-state index contributed by atoms with van der Waals surface area (Å²) in [5, 5.41) is 12.3. The van der Waals surface area contributed by atoms with Gasteiger partial charge in [0.05, 0.1) is 11.4 Å². The fraction of sp³-hybridized carbons (Fsp3) is 0.400. The molecule has 0 amide bonds. The molecule has 0 atom stereocenters. The third kappa shape index (κ3) is 1.16. The van der Waals surface area contributed by atoms with Crippen molar-refractivity contribution >= 4 is 11.4 Å². The fourth-order valence-corrected chi connectivity index (χ4v) is 1.99. The van der Waals surface area contributed by atoms with Gasteiger partial charge in [-0.25, -0.2) is 4.52 Å². The van der Waals surface area contributed by atoms with Crippen molar-refractivity contribution in [3.8, 4) is 0 Å². The van der Waals surface area contributed by atoms with Crippen LogP contribution < -0.4 is 0 Å². The summed E-state index contributed by atoms with van der Waals surface area (Å²) in [5.74, 6) is 0.0822. The summed E-state index contributed by atoms with van der Waals surface area (Å²) < 4.78 is 1.74. The molecule has 0 N–H and O–H groups in total. The molecule has 0 aromatic carbocycles. The van der Waals surface area contributed by atoms with Crippen LogP contribution in [0, 0.1) is 6.92 Å². The Kier molecular flexibility index (Phi) is 1.62. The zero-order valence-electron chi connectivity index (χ0n) is 8.40. The van der Waals surface area contributed by atoms with Crippen LogP contribution >= 0.6 is 0 Å². The molecule has 5 heteroatoms. The van der Waals surface area contributed by atoms with Crippen LogP contribution in [0.25, 0.3) is 5.65 Å². The van der Waals surface area contributed by atoms with E-state index in [1.807, 2.05) is 13.0 Å². The Balaban J connectivity index is 2.37. The molecule has 2 aromatic heterocycles. The Hall–Kier alpha value is -1.78. The molecule has 0 unspecified atom stereocenters. The molecule has 0 fully saturated rings. The van der Waals surface area contributed by atoms with Crippen LogP contribution in [0.15, 0.2) is 6.07 Å². The van der Waals surface area contributed by atoms with Gasteiger partial charge in [0.15, 0.2) is 17.1 Å². The predicted molar refractivity (Wildman–Crippen MR) is 52.8 cm³/mol. The van der Waals surface area contributed by atoms with Crippen LogP contribution in [0.4, 0.5) is 0 Å². The molecule has 5 nitrogen and oxygen atoms in total. The summed E-state index contributed by atoms with van der Waals surface area (Å²) >= 11 is 0. The summed E-state index contributed by atoms with van der Waals surface area (Å²) in [5.41, 5.74) is 3.03. The van der Waals surface area contributed by atoms with Gasteiger partial charge in [-0.3, -0.25) is 4.79 Å². The quantitative estimate of drug-likeness (QED) is 0.638. The standard InChI is InChI=1S/C10H10N4O/c1-6-5-9-11-12-10-7(14(9)13-6)3-2-4-8(10)15/h5H,2-4H2,1H3. The molecule has 76 valence electrons. The summed E-state index contributed by atoms with van der Waals surface area (Å²) in [6, 6.07) is 1.87. The van der Waals surface area contributed by atoms with Crippen molar-refractivity contribution in [3.05, 3.63) is 23.1 Å². The second-order valence-corrected chi connectivity index (χ2v) is 3.83. The molecule has 0 spiro atoms. The normalized spacial score (nSPS) is 15.7. The molecule has 2 aromatic rings. The van der Waals surface area contributed by atoms with Crippen molar-refractivity contribution in [1.29, 1.82) is 0 Å². The molecule has 0 saturated carbocycles. The second-order valence-electron chi connectivity index (χ2n) is 3.83. The minimum atomic E-state index is 0.0822. The molecule has 15 heavy (non-hydrogen) atoms. The van der Waals surface area contributed by atoms with Crippen molar-refractivity contribution in [1.82, 2.24) is 19.8 Å². The number of Topliss-reactive ketones (excluding diaryl/α,β-unsaturated/α-hetero) is 1. The zero-order chi connectivity index (χ0) is 10.4. The van der Waals surface area contributed by atoms with Gasteiger partial charge in [0.2, 0.25) is 0 Å². The summed E-state index contributed by atoms with van der Waals surface area (Å²) in [7, 11) is 0. The van der Waals surface area contributed by atoms with E-state index in [0.29, 0.717) is 12.1 Å². The van der Waals surface area contributed by atoms with Crippen LogP contribution in [0.1, 0.15) is 34.7 Å². The first-order valence-electron chi connectivity index (χ1n) is 5.01. The van der Waals surface area contributed by atoms with E-state index in [1.165, 1.54) is 0 Å². The van der Waals surface area contributed by atoms with Gasteiger partial charge in [0, 0.05) is 12.5 Å². The van der Waals surface area contributed by atoms with Crippen LogP contribution in [-0.4, -0.2) is 25.6 Å². The van der Waals surface area contributed by atoms with Crippen molar-refractivity contribution in [2.75, 3.05) is 0 Å². The Morgan fingerprint density at radius 1 is 1.33 bits per heavy atom. The van der Waals surface area contributed by atoms with Crippen LogP contribution in [0.3, 0.4) is 0 Å². The van der Waals surface area contributed by atoms with Crippen molar-refractivity contribution in [2.45, 2.75) is 26.2 Å². The lowest BCUT2D eigenvalue weighted by Gasteiger charge is -2.13. The smallest absolute Gasteiger partial charge is 0.184 e. The fourth-order valence-electron chi connectivity index (χ4n) is 1.99. The minimum absolute atomic E-state index is 0.0822. The lowest BCUT2D eigenvalue weighted by atomic mass is 10.00. The van der Waals surface area contributed by atoms with E-state index in [9.17, 15) is 4.79 Å². The monoisotopic (exact) mass is 202 g/mol. The average molecular weight is 202 g/mol. The summed E-state index contributed by atoms with van der Waals surface area (Å²) in [6.45, 7) is 1.91. The van der Waals surface area contributed by atoms with E-state index in [-0.39, 0.29) is 5.78 Å². The molecule has 0 saturated heterocycles. The average Bonchev–Trinajstić information content (AvgIpc) is 2.59. The van der Waals surface area contributed by atoms with Crippen molar-refractivity contribution in [3.63, 3.8) is 0 Å². The van der Waals surface area contributed by atoms with Crippen LogP contribution in [-0.2, 0) is 6.42 Å². The second kappa shape index (κ2) is 2.85. The van der Waals surface area contributed by atoms with Gasteiger partial charge in [-0.05, 0) is 19.8 Å². The highest BCUT2D eigenvalue weighted by Crippen LogP contribution is 2.19. The van der Waals surface area contributed by atoms with Gasteiger partial charge < -0.3 is 0 Å². The molecule has 0 aliphatic heterocycles. The molecule has 1 aliphatic rings. The van der Waals surface area contributed by atoms with Gasteiger partial charge in [-0.1, -0.05) is 0 Å². The Morgan fingerprint density at radius 3 is 3.07 bits per heavy atom. The number of ketones is 1. The maximum absolute atomic E-state index is 11.6. The number of fused-ring (bicyclic) bond motifs is 3. The number of aryl methyl sites for hydroxylation is 2. The number of rotatable bonds is 0. The SMILES string of the molecule is Cc1cc2nnc3c(n2n1)CCCC3=O. The molecule has 1 aliphatic carbocycles. The summed E-state index contributed by atoms with van der Waals surface area (Å²) in [4.78, 5) is 11.6. The van der Waals surface area contributed by atoms with Crippen molar-refractivity contribution in [2.24, 2.45) is 0 Å². The Labute approximate surface area is 86.1 Å². The number of carbonyl (C=O) groups excluding carboxylic acids is 1. The van der Waals surface area contributed by atoms with Crippen molar-refractivity contribution < 1.29 is 4.79 Å². The van der Waals surface area contributed by atoms with E-state index in [1.54, 1.807) is 4.52 Å². The van der Waals surface area contributed by atoms with E-state index < -0.39 is 0 Å². The van der Waals surface area contributed by atoms with E-state index >= 15 is 0 Å². The topological polar surface area (TPSA) is 60.1 Å². The third-order valence-electron chi connectivity index (χ3n) is 2.68. The maximum atomic E-state index is 11.6.